The van der Waals surface area contributed by atoms with Gasteiger partial charge in [-0.1, -0.05) is 12.1 Å². The van der Waals surface area contributed by atoms with E-state index in [1.807, 2.05) is 0 Å². The summed E-state index contributed by atoms with van der Waals surface area (Å²) in [5.41, 5.74) is 5.73. The average Bonchev–Trinajstić information content (AvgIpc) is 2.13. The lowest BCUT2D eigenvalue weighted by atomic mass is 10.0. The number of phenols is 1. The van der Waals surface area contributed by atoms with Crippen molar-refractivity contribution in [3.63, 3.8) is 0 Å². The van der Waals surface area contributed by atoms with Gasteiger partial charge in [-0.2, -0.15) is 0 Å². The van der Waals surface area contributed by atoms with Gasteiger partial charge in [-0.05, 0) is 12.5 Å². The molecule has 14 heavy (non-hydrogen) atoms. The molecule has 1 atom stereocenters. The van der Waals surface area contributed by atoms with E-state index in [0.717, 1.165) is 0 Å². The maximum absolute atomic E-state index is 13.1. The number of hydrogen-bond donors (Lipinski definition) is 2. The Hall–Kier alpha value is -0.870. The van der Waals surface area contributed by atoms with E-state index < -0.39 is 24.3 Å². The second kappa shape index (κ2) is 5.12. The fraction of sp³-hybridized carbons (Fsp3) is 0.333. The van der Waals surface area contributed by atoms with Gasteiger partial charge in [0.25, 0.3) is 0 Å². The van der Waals surface area contributed by atoms with Crippen LogP contribution in [0.25, 0.3) is 0 Å². The van der Waals surface area contributed by atoms with Gasteiger partial charge in [-0.15, -0.1) is 12.4 Å². The number of halogens is 3. The molecule has 0 saturated carbocycles. The molecule has 2 nitrogen and oxygen atoms in total. The van der Waals surface area contributed by atoms with Crippen LogP contribution in [0.1, 0.15) is 17.2 Å². The summed E-state index contributed by atoms with van der Waals surface area (Å²) < 4.78 is 25.2. The van der Waals surface area contributed by atoms with E-state index in [1.165, 1.54) is 19.1 Å². The first-order chi connectivity index (χ1) is 6.07. The van der Waals surface area contributed by atoms with Gasteiger partial charge in [0.05, 0.1) is 6.04 Å². The molecule has 0 aliphatic rings. The summed E-state index contributed by atoms with van der Waals surface area (Å²) in [6.45, 7) is 0.690. The standard InChI is InChI=1S/C9H11F2NO.ClH/c1-5-2-3-6(7(12)4-10)9(13)8(5)11;/h2-3,7,13H,4,12H2,1H3;1H/t7-;/m1./s1. The van der Waals surface area contributed by atoms with Crippen LogP contribution in [0.4, 0.5) is 8.78 Å². The predicted molar refractivity (Wildman–Crippen MR) is 53.0 cm³/mol. The molecule has 0 amide bonds. The predicted octanol–water partition coefficient (Wildman–Crippen LogP) is 2.23. The fourth-order valence-corrected chi connectivity index (χ4v) is 1.06. The molecule has 0 aliphatic carbocycles. The summed E-state index contributed by atoms with van der Waals surface area (Å²) in [5, 5.41) is 9.26. The number of phenolic OH excluding ortho intramolecular Hbond substituents is 1. The minimum Gasteiger partial charge on any atom is -0.505 e. The molecule has 1 aromatic carbocycles. The molecule has 5 heteroatoms. The molecular formula is C9H12ClF2NO. The van der Waals surface area contributed by atoms with Crippen molar-refractivity contribution in [3.05, 3.63) is 29.1 Å². The SMILES string of the molecule is Cc1ccc([C@H](N)CF)c(O)c1F.Cl. The van der Waals surface area contributed by atoms with Crippen LogP contribution in [0.3, 0.4) is 0 Å². The summed E-state index contributed by atoms with van der Waals surface area (Å²) in [4.78, 5) is 0. The molecular weight excluding hydrogens is 212 g/mol. The highest BCUT2D eigenvalue weighted by atomic mass is 35.5. The Balaban J connectivity index is 0.00000169. The van der Waals surface area contributed by atoms with Gasteiger partial charge < -0.3 is 10.8 Å². The topological polar surface area (TPSA) is 46.2 Å². The van der Waals surface area contributed by atoms with Crippen LogP contribution in [-0.2, 0) is 0 Å². The van der Waals surface area contributed by atoms with E-state index in [2.05, 4.69) is 0 Å². The summed E-state index contributed by atoms with van der Waals surface area (Å²) in [7, 11) is 0. The third-order valence-electron chi connectivity index (χ3n) is 1.91. The van der Waals surface area contributed by atoms with Crippen LogP contribution >= 0.6 is 12.4 Å². The minimum atomic E-state index is -0.963. The lowest BCUT2D eigenvalue weighted by Crippen LogP contribution is -2.12. The van der Waals surface area contributed by atoms with Crippen LogP contribution in [0.15, 0.2) is 12.1 Å². The first-order valence-electron chi connectivity index (χ1n) is 3.87. The smallest absolute Gasteiger partial charge is 0.168 e. The number of hydrogen-bond acceptors (Lipinski definition) is 2. The highest BCUT2D eigenvalue weighted by Gasteiger charge is 2.15. The molecule has 0 heterocycles. The average molecular weight is 224 g/mol. The van der Waals surface area contributed by atoms with E-state index in [1.54, 1.807) is 0 Å². The van der Waals surface area contributed by atoms with Crippen molar-refractivity contribution in [2.45, 2.75) is 13.0 Å². The number of nitrogens with two attached hydrogens (primary N) is 1. The second-order valence-corrected chi connectivity index (χ2v) is 2.90. The quantitative estimate of drug-likeness (QED) is 0.808. The van der Waals surface area contributed by atoms with Gasteiger partial charge in [-0.3, -0.25) is 0 Å². The molecule has 0 spiro atoms. The van der Waals surface area contributed by atoms with E-state index in [-0.39, 0.29) is 18.0 Å². The molecule has 0 saturated heterocycles. The highest BCUT2D eigenvalue weighted by Crippen LogP contribution is 2.27. The molecule has 3 N–H and O–H groups in total. The Labute approximate surface area is 87.1 Å². The molecule has 0 bridgehead atoms. The number of alkyl halides is 1. The summed E-state index contributed by atoms with van der Waals surface area (Å²) in [6, 6.07) is 1.92. The molecule has 80 valence electrons. The third-order valence-corrected chi connectivity index (χ3v) is 1.91. The zero-order valence-electron chi connectivity index (χ0n) is 7.63. The number of aryl methyl sites for hydroxylation is 1. The van der Waals surface area contributed by atoms with Gasteiger partial charge in [0, 0.05) is 5.56 Å². The zero-order chi connectivity index (χ0) is 10.0. The van der Waals surface area contributed by atoms with Gasteiger partial charge in [0.15, 0.2) is 11.6 Å². The summed E-state index contributed by atoms with van der Waals surface area (Å²) in [6.07, 6.45) is 0. The molecule has 0 radical (unpaired) electrons. The molecule has 0 unspecified atom stereocenters. The van der Waals surface area contributed by atoms with Gasteiger partial charge >= 0.3 is 0 Å². The normalized spacial score (nSPS) is 12.0. The number of benzene rings is 1. The Morgan fingerprint density at radius 3 is 2.57 bits per heavy atom. The molecule has 0 aromatic heterocycles. The fourth-order valence-electron chi connectivity index (χ4n) is 1.06. The first-order valence-corrected chi connectivity index (χ1v) is 3.87. The maximum atomic E-state index is 13.1. The van der Waals surface area contributed by atoms with Crippen LogP contribution in [0.2, 0.25) is 0 Å². The van der Waals surface area contributed by atoms with E-state index in [4.69, 9.17) is 5.73 Å². The molecule has 0 fully saturated rings. The van der Waals surface area contributed by atoms with E-state index in [9.17, 15) is 13.9 Å². The van der Waals surface area contributed by atoms with Crippen molar-refractivity contribution in [2.24, 2.45) is 5.73 Å². The monoisotopic (exact) mass is 223 g/mol. The van der Waals surface area contributed by atoms with Crippen LogP contribution < -0.4 is 5.73 Å². The van der Waals surface area contributed by atoms with Crippen molar-refractivity contribution in [2.75, 3.05) is 6.67 Å². The molecule has 1 aromatic rings. The largest absolute Gasteiger partial charge is 0.505 e. The van der Waals surface area contributed by atoms with E-state index >= 15 is 0 Å². The maximum Gasteiger partial charge on any atom is 0.168 e. The Morgan fingerprint density at radius 1 is 1.50 bits per heavy atom. The highest BCUT2D eigenvalue weighted by molar-refractivity contribution is 5.85. The zero-order valence-corrected chi connectivity index (χ0v) is 8.44. The molecule has 1 rings (SSSR count). The van der Waals surface area contributed by atoms with Crippen molar-refractivity contribution in [1.82, 2.24) is 0 Å². The Morgan fingerprint density at radius 2 is 2.07 bits per heavy atom. The summed E-state index contributed by atoms with van der Waals surface area (Å²) >= 11 is 0. The number of aromatic hydroxyl groups is 1. The van der Waals surface area contributed by atoms with Crippen molar-refractivity contribution >= 4 is 12.4 Å². The van der Waals surface area contributed by atoms with Gasteiger partial charge in [-0.25, -0.2) is 8.78 Å². The Kier molecular flexibility index (Phi) is 4.80. The van der Waals surface area contributed by atoms with Crippen molar-refractivity contribution in [1.29, 1.82) is 0 Å². The van der Waals surface area contributed by atoms with Crippen LogP contribution in [0.5, 0.6) is 5.75 Å². The first kappa shape index (κ1) is 13.1. The van der Waals surface area contributed by atoms with Crippen LogP contribution in [0, 0.1) is 12.7 Å². The number of rotatable bonds is 2. The van der Waals surface area contributed by atoms with E-state index in [0.29, 0.717) is 5.56 Å². The van der Waals surface area contributed by atoms with Gasteiger partial charge in [0.1, 0.15) is 6.67 Å². The lowest BCUT2D eigenvalue weighted by Gasteiger charge is -2.11. The molecule has 0 aliphatic heterocycles. The van der Waals surface area contributed by atoms with Crippen molar-refractivity contribution in [3.8, 4) is 5.75 Å². The van der Waals surface area contributed by atoms with Crippen molar-refractivity contribution < 1.29 is 13.9 Å². The lowest BCUT2D eigenvalue weighted by molar-refractivity contribution is 0.395. The summed E-state index contributed by atoms with van der Waals surface area (Å²) in [5.74, 6) is -1.29. The third kappa shape index (κ3) is 2.33. The second-order valence-electron chi connectivity index (χ2n) is 2.90. The van der Waals surface area contributed by atoms with Crippen LogP contribution in [-0.4, -0.2) is 11.8 Å². The van der Waals surface area contributed by atoms with Gasteiger partial charge in [0.2, 0.25) is 0 Å². The minimum absolute atomic E-state index is 0. The Bertz CT molecular complexity index is 320.